The smallest absolute Gasteiger partial charge is 0.0543 e. The third-order valence-corrected chi connectivity index (χ3v) is 15.5. The molecule has 0 N–H and O–H groups in total. The molecule has 0 heterocycles. The first-order valence-corrected chi connectivity index (χ1v) is 21.5. The van der Waals surface area contributed by atoms with Crippen molar-refractivity contribution in [3.05, 3.63) is 186 Å². The minimum Gasteiger partial charge on any atom is -0.310 e. The van der Waals surface area contributed by atoms with Crippen LogP contribution < -0.4 is 4.90 Å². The highest BCUT2D eigenvalue weighted by atomic mass is 15.1. The van der Waals surface area contributed by atoms with E-state index >= 15 is 0 Å². The fourth-order valence-electron chi connectivity index (χ4n) is 12.9. The zero-order valence-electron chi connectivity index (χ0n) is 33.1. The monoisotopic (exact) mass is 735 g/mol. The molecule has 7 aromatic rings. The van der Waals surface area contributed by atoms with Crippen LogP contribution in [0.15, 0.2) is 164 Å². The molecule has 5 atom stereocenters. The fourth-order valence-corrected chi connectivity index (χ4v) is 12.9. The van der Waals surface area contributed by atoms with Crippen molar-refractivity contribution < 1.29 is 0 Å². The minimum atomic E-state index is -0.0857. The molecule has 0 radical (unpaired) electrons. The molecule has 0 amide bonds. The molecule has 57 heavy (non-hydrogen) atoms. The highest BCUT2D eigenvalue weighted by molar-refractivity contribution is 5.96. The second kappa shape index (κ2) is 12.4. The molecule has 1 spiro atoms. The normalized spacial score (nSPS) is 24.1. The number of hydrogen-bond acceptors (Lipinski definition) is 1. The quantitative estimate of drug-likeness (QED) is 0.170. The first kappa shape index (κ1) is 33.5. The van der Waals surface area contributed by atoms with Crippen LogP contribution >= 0.6 is 0 Å². The van der Waals surface area contributed by atoms with Crippen molar-refractivity contribution >= 4 is 17.1 Å². The average molecular weight is 736 g/mol. The Kier molecular flexibility index (Phi) is 7.29. The summed E-state index contributed by atoms with van der Waals surface area (Å²) in [4.78, 5) is 2.59. The third kappa shape index (κ3) is 4.87. The van der Waals surface area contributed by atoms with Gasteiger partial charge in [0.1, 0.15) is 0 Å². The van der Waals surface area contributed by atoms with E-state index in [1.54, 1.807) is 11.1 Å². The van der Waals surface area contributed by atoms with Gasteiger partial charge in [-0.3, -0.25) is 0 Å². The minimum absolute atomic E-state index is 0.0857. The molecule has 12 rings (SSSR count). The summed E-state index contributed by atoms with van der Waals surface area (Å²) in [5, 5.41) is 0. The van der Waals surface area contributed by atoms with Crippen LogP contribution in [-0.2, 0) is 10.8 Å². The molecule has 0 saturated heterocycles. The van der Waals surface area contributed by atoms with Gasteiger partial charge in [-0.1, -0.05) is 154 Å². The summed E-state index contributed by atoms with van der Waals surface area (Å²) in [5.41, 5.74) is 20.3. The van der Waals surface area contributed by atoms with Gasteiger partial charge >= 0.3 is 0 Å². The Balaban J connectivity index is 1.02. The topological polar surface area (TPSA) is 3.24 Å². The van der Waals surface area contributed by atoms with Gasteiger partial charge in [0.25, 0.3) is 0 Å². The lowest BCUT2D eigenvalue weighted by Gasteiger charge is -2.57. The van der Waals surface area contributed by atoms with Gasteiger partial charge in [0.15, 0.2) is 0 Å². The van der Waals surface area contributed by atoms with Crippen LogP contribution in [0.4, 0.5) is 17.1 Å². The van der Waals surface area contributed by atoms with Gasteiger partial charge in [-0.25, -0.2) is 0 Å². The third-order valence-electron chi connectivity index (χ3n) is 15.5. The van der Waals surface area contributed by atoms with Gasteiger partial charge < -0.3 is 4.90 Å². The van der Waals surface area contributed by atoms with E-state index in [0.717, 1.165) is 23.7 Å². The van der Waals surface area contributed by atoms with Crippen LogP contribution in [-0.4, -0.2) is 0 Å². The molecule has 5 aliphatic carbocycles. The molecule has 3 bridgehead atoms. The highest BCUT2D eigenvalue weighted by Crippen LogP contribution is 2.67. The van der Waals surface area contributed by atoms with Crippen molar-refractivity contribution in [1.82, 2.24) is 0 Å². The molecule has 1 heteroatoms. The first-order valence-electron chi connectivity index (χ1n) is 21.5. The molecule has 0 aromatic heterocycles. The van der Waals surface area contributed by atoms with E-state index < -0.39 is 0 Å². The summed E-state index contributed by atoms with van der Waals surface area (Å²) in [5.74, 6) is 3.39. The van der Waals surface area contributed by atoms with Crippen LogP contribution in [0, 0.1) is 23.7 Å². The Labute approximate surface area is 338 Å². The Morgan fingerprint density at radius 3 is 1.84 bits per heavy atom. The van der Waals surface area contributed by atoms with Crippen LogP contribution in [0.25, 0.3) is 44.5 Å². The summed E-state index contributed by atoms with van der Waals surface area (Å²) in [6.07, 6.45) is 8.44. The SMILES string of the molecule is CC1(C)c2ccccc2-c2ccc(N(c3ccc(-c4ccc(-c5ccccc5)cc4)cc3)c3cccc4c3-c3ccccc3C43CC4CCC5CC4CC3C5)cc21. The van der Waals surface area contributed by atoms with Gasteiger partial charge in [0, 0.05) is 27.8 Å². The lowest BCUT2D eigenvalue weighted by atomic mass is 9.47. The lowest BCUT2D eigenvalue weighted by Crippen LogP contribution is -2.50. The first-order chi connectivity index (χ1) is 28.0. The molecule has 1 nitrogen and oxygen atoms in total. The standard InChI is InChI=1S/C56H49N/c1-55(2)49-15-8-6-13-46(49)47-30-29-45(34-52(47)55)57(44-27-25-40(26-28-44)39-23-21-38(22-24-39)37-11-4-3-5-12-37)53-18-10-17-51-54(53)48-14-7-9-16-50(48)56(51)35-41-20-19-36-31-42(41)33-43(56)32-36/h3-18,21-30,34,36,41-43H,19-20,31-33,35H2,1-2H3. The fraction of sp³-hybridized carbons (Fsp3) is 0.250. The van der Waals surface area contributed by atoms with E-state index in [1.807, 2.05) is 0 Å². The maximum Gasteiger partial charge on any atom is 0.0543 e. The summed E-state index contributed by atoms with van der Waals surface area (Å²) < 4.78 is 0. The van der Waals surface area contributed by atoms with E-state index in [4.69, 9.17) is 0 Å². The Hall–Kier alpha value is -5.66. The zero-order valence-corrected chi connectivity index (χ0v) is 33.1. The van der Waals surface area contributed by atoms with Gasteiger partial charge in [0.2, 0.25) is 0 Å². The highest BCUT2D eigenvalue weighted by Gasteiger charge is 2.58. The van der Waals surface area contributed by atoms with Gasteiger partial charge in [-0.2, -0.15) is 0 Å². The Morgan fingerprint density at radius 2 is 1.07 bits per heavy atom. The van der Waals surface area contributed by atoms with Gasteiger partial charge in [-0.15, -0.1) is 0 Å². The van der Waals surface area contributed by atoms with Crippen LogP contribution in [0.5, 0.6) is 0 Å². The largest absolute Gasteiger partial charge is 0.310 e. The van der Waals surface area contributed by atoms with Crippen molar-refractivity contribution in [2.24, 2.45) is 23.7 Å². The molecule has 3 fully saturated rings. The summed E-state index contributed by atoms with van der Waals surface area (Å²) in [7, 11) is 0. The number of nitrogens with zero attached hydrogens (tertiary/aromatic N) is 1. The number of fused-ring (bicyclic) bond motifs is 11. The van der Waals surface area contributed by atoms with E-state index in [2.05, 4.69) is 183 Å². The molecule has 3 saturated carbocycles. The second-order valence-corrected chi connectivity index (χ2v) is 18.5. The van der Waals surface area contributed by atoms with Crippen molar-refractivity contribution in [2.45, 2.75) is 63.2 Å². The van der Waals surface area contributed by atoms with Crippen molar-refractivity contribution in [1.29, 1.82) is 0 Å². The Morgan fingerprint density at radius 1 is 0.456 bits per heavy atom. The van der Waals surface area contributed by atoms with Gasteiger partial charge in [-0.05, 0) is 147 Å². The second-order valence-electron chi connectivity index (χ2n) is 18.5. The number of hydrogen-bond donors (Lipinski definition) is 0. The van der Waals surface area contributed by atoms with Crippen molar-refractivity contribution in [3.8, 4) is 44.5 Å². The predicted octanol–water partition coefficient (Wildman–Crippen LogP) is 14.9. The zero-order chi connectivity index (χ0) is 37.9. The van der Waals surface area contributed by atoms with Crippen molar-refractivity contribution in [2.75, 3.05) is 4.90 Å². The van der Waals surface area contributed by atoms with E-state index in [9.17, 15) is 0 Å². The average Bonchev–Trinajstić information content (AvgIpc) is 3.67. The van der Waals surface area contributed by atoms with Crippen LogP contribution in [0.2, 0.25) is 0 Å². The number of rotatable bonds is 5. The summed E-state index contributed by atoms with van der Waals surface area (Å²) >= 11 is 0. The molecule has 0 aliphatic heterocycles. The van der Waals surface area contributed by atoms with E-state index in [-0.39, 0.29) is 10.8 Å². The van der Waals surface area contributed by atoms with Crippen molar-refractivity contribution in [3.63, 3.8) is 0 Å². The number of benzene rings is 7. The maximum atomic E-state index is 2.59. The summed E-state index contributed by atoms with van der Waals surface area (Å²) in [6, 6.07) is 62.3. The van der Waals surface area contributed by atoms with Crippen LogP contribution in [0.1, 0.15) is 74.6 Å². The lowest BCUT2D eigenvalue weighted by molar-refractivity contribution is -0.0103. The number of anilines is 3. The molecular formula is C56H49N. The molecule has 278 valence electrons. The Bertz CT molecular complexity index is 2680. The van der Waals surface area contributed by atoms with Gasteiger partial charge in [0.05, 0.1) is 5.69 Å². The van der Waals surface area contributed by atoms with E-state index in [0.29, 0.717) is 0 Å². The molecule has 7 aromatic carbocycles. The predicted molar refractivity (Wildman–Crippen MR) is 237 cm³/mol. The molecular weight excluding hydrogens is 687 g/mol. The van der Waals surface area contributed by atoms with Crippen LogP contribution in [0.3, 0.4) is 0 Å². The maximum absolute atomic E-state index is 2.59. The molecule has 5 aliphatic rings. The van der Waals surface area contributed by atoms with E-state index in [1.165, 1.54) is 111 Å². The summed E-state index contributed by atoms with van der Waals surface area (Å²) in [6.45, 7) is 4.80. The molecule has 5 unspecified atom stereocenters.